The fraction of sp³-hybridized carbons (Fsp3) is 0.929. The van der Waals surface area contributed by atoms with E-state index in [2.05, 4.69) is 18.0 Å². The zero-order chi connectivity index (χ0) is 12.0. The highest BCUT2D eigenvalue weighted by Crippen LogP contribution is 2.54. The zero-order valence-corrected chi connectivity index (χ0v) is 10.7. The first-order chi connectivity index (χ1) is 8.17. The van der Waals surface area contributed by atoms with Gasteiger partial charge in [-0.25, -0.2) is 0 Å². The Hall–Kier alpha value is -0.590. The lowest BCUT2D eigenvalue weighted by Gasteiger charge is -2.56. The fourth-order valence-electron chi connectivity index (χ4n) is 5.09. The van der Waals surface area contributed by atoms with Crippen LogP contribution in [0.25, 0.3) is 0 Å². The minimum absolute atomic E-state index is 0.322. The molecular weight excluding hydrogens is 210 g/mol. The predicted octanol–water partition coefficient (Wildman–Crippen LogP) is 1.59. The summed E-state index contributed by atoms with van der Waals surface area (Å²) < 4.78 is 0. The highest BCUT2D eigenvalue weighted by atomic mass is 15.2. The number of hydrogen-bond donors (Lipinski definition) is 1. The van der Waals surface area contributed by atoms with E-state index in [1.165, 1.54) is 32.1 Å². The van der Waals surface area contributed by atoms with Gasteiger partial charge in [-0.05, 0) is 62.8 Å². The molecule has 4 aliphatic rings. The van der Waals surface area contributed by atoms with Crippen LogP contribution in [-0.4, -0.2) is 30.6 Å². The topological polar surface area (TPSA) is 53.0 Å². The maximum absolute atomic E-state index is 8.83. The molecule has 0 aromatic rings. The van der Waals surface area contributed by atoms with Gasteiger partial charge in [0, 0.05) is 12.6 Å². The van der Waals surface area contributed by atoms with Crippen molar-refractivity contribution in [3.05, 3.63) is 0 Å². The molecule has 0 heterocycles. The average molecular weight is 233 g/mol. The molecule has 0 amide bonds. The smallest absolute Gasteiger partial charge is 0.106 e. The second-order valence-electron chi connectivity index (χ2n) is 6.60. The van der Waals surface area contributed by atoms with Crippen molar-refractivity contribution >= 4 is 0 Å². The van der Waals surface area contributed by atoms with Gasteiger partial charge in [0.2, 0.25) is 0 Å². The molecule has 2 N–H and O–H groups in total. The zero-order valence-electron chi connectivity index (χ0n) is 10.7. The van der Waals surface area contributed by atoms with Crippen LogP contribution in [0, 0.1) is 35.0 Å². The van der Waals surface area contributed by atoms with Crippen molar-refractivity contribution in [1.82, 2.24) is 4.90 Å². The van der Waals surface area contributed by atoms with Gasteiger partial charge >= 0.3 is 0 Å². The van der Waals surface area contributed by atoms with Crippen LogP contribution in [-0.2, 0) is 0 Å². The van der Waals surface area contributed by atoms with Crippen molar-refractivity contribution in [3.8, 4) is 6.07 Å². The maximum Gasteiger partial charge on any atom is 0.106 e. The van der Waals surface area contributed by atoms with Crippen molar-refractivity contribution < 1.29 is 0 Å². The first-order valence-electron chi connectivity index (χ1n) is 7.02. The lowest BCUT2D eigenvalue weighted by atomic mass is 9.54. The molecule has 3 heteroatoms. The summed E-state index contributed by atoms with van der Waals surface area (Å²) in [6.45, 7) is 0.740. The molecule has 0 aliphatic heterocycles. The van der Waals surface area contributed by atoms with Crippen molar-refractivity contribution in [3.63, 3.8) is 0 Å². The summed E-state index contributed by atoms with van der Waals surface area (Å²) in [5.41, 5.74) is 5.76. The van der Waals surface area contributed by atoms with Gasteiger partial charge in [0.15, 0.2) is 0 Å². The third-order valence-corrected chi connectivity index (χ3v) is 5.34. The summed E-state index contributed by atoms with van der Waals surface area (Å²) in [6.07, 6.45) is 7.24. The minimum Gasteiger partial charge on any atom is -0.315 e. The largest absolute Gasteiger partial charge is 0.315 e. The fourth-order valence-corrected chi connectivity index (χ4v) is 5.09. The van der Waals surface area contributed by atoms with Crippen LogP contribution in [0.5, 0.6) is 0 Å². The first-order valence-corrected chi connectivity index (χ1v) is 7.02. The monoisotopic (exact) mass is 233 g/mol. The number of nitrogens with two attached hydrogens (primary N) is 1. The van der Waals surface area contributed by atoms with Gasteiger partial charge in [0.1, 0.15) is 6.04 Å². The van der Waals surface area contributed by atoms with Gasteiger partial charge in [0.25, 0.3) is 0 Å². The second kappa shape index (κ2) is 4.26. The molecule has 4 saturated carbocycles. The van der Waals surface area contributed by atoms with E-state index in [0.29, 0.717) is 6.04 Å². The Labute approximate surface area is 104 Å². The number of rotatable bonds is 3. The Balaban J connectivity index is 1.69. The van der Waals surface area contributed by atoms with E-state index in [4.69, 9.17) is 11.0 Å². The molecule has 3 nitrogen and oxygen atoms in total. The Morgan fingerprint density at radius 3 is 2.18 bits per heavy atom. The Morgan fingerprint density at radius 1 is 1.18 bits per heavy atom. The summed E-state index contributed by atoms with van der Waals surface area (Å²) in [7, 11) is 2.17. The molecule has 0 saturated heterocycles. The van der Waals surface area contributed by atoms with Crippen molar-refractivity contribution in [2.75, 3.05) is 13.6 Å². The second-order valence-corrected chi connectivity index (χ2v) is 6.60. The molecule has 1 unspecified atom stereocenters. The summed E-state index contributed by atoms with van der Waals surface area (Å²) in [4.78, 5) is 2.39. The Morgan fingerprint density at radius 2 is 1.71 bits per heavy atom. The third kappa shape index (κ3) is 1.98. The average Bonchev–Trinajstić information content (AvgIpc) is 2.27. The predicted molar refractivity (Wildman–Crippen MR) is 67.1 cm³/mol. The molecule has 94 valence electrons. The van der Waals surface area contributed by atoms with E-state index in [1.807, 2.05) is 0 Å². The van der Waals surface area contributed by atoms with Crippen molar-refractivity contribution in [2.45, 2.75) is 44.2 Å². The van der Waals surface area contributed by atoms with Crippen LogP contribution >= 0.6 is 0 Å². The molecule has 0 radical (unpaired) electrons. The molecule has 0 spiro atoms. The van der Waals surface area contributed by atoms with E-state index in [0.717, 1.165) is 30.2 Å². The highest BCUT2D eigenvalue weighted by molar-refractivity contribution is 5.02. The van der Waals surface area contributed by atoms with Gasteiger partial charge in [-0.1, -0.05) is 0 Å². The van der Waals surface area contributed by atoms with E-state index < -0.39 is 0 Å². The van der Waals surface area contributed by atoms with Gasteiger partial charge in [-0.2, -0.15) is 5.26 Å². The van der Waals surface area contributed by atoms with E-state index in [-0.39, 0.29) is 6.04 Å². The minimum atomic E-state index is -0.322. The van der Waals surface area contributed by atoms with Crippen LogP contribution in [0.4, 0.5) is 0 Å². The summed E-state index contributed by atoms with van der Waals surface area (Å²) in [6, 6.07) is 2.54. The summed E-state index contributed by atoms with van der Waals surface area (Å²) >= 11 is 0. The SMILES string of the molecule is CN(CC(N)C#N)C1C2CC3CC(C2)CC1C3. The molecule has 1 atom stereocenters. The first kappa shape index (κ1) is 11.5. The van der Waals surface area contributed by atoms with Crippen molar-refractivity contribution in [1.29, 1.82) is 5.26 Å². The molecule has 0 aromatic heterocycles. The van der Waals surface area contributed by atoms with E-state index in [9.17, 15) is 0 Å². The normalized spacial score (nSPS) is 44.9. The van der Waals surface area contributed by atoms with Gasteiger partial charge in [-0.15, -0.1) is 0 Å². The molecule has 4 rings (SSSR count). The molecule has 0 aromatic carbocycles. The summed E-state index contributed by atoms with van der Waals surface area (Å²) in [5.74, 6) is 3.82. The number of likely N-dealkylation sites (N-methyl/N-ethyl adjacent to an activating group) is 1. The van der Waals surface area contributed by atoms with Crippen LogP contribution in [0.1, 0.15) is 32.1 Å². The molecule has 4 bridgehead atoms. The van der Waals surface area contributed by atoms with E-state index >= 15 is 0 Å². The standard InChI is InChI=1S/C14H23N3/c1-17(8-13(16)7-15)14-11-3-9-2-10(5-11)6-12(14)4-9/h9-14H,2-6,8,16H2,1H3. The van der Waals surface area contributed by atoms with E-state index in [1.54, 1.807) is 0 Å². The Bertz CT molecular complexity index is 305. The van der Waals surface area contributed by atoms with Crippen LogP contribution in [0.3, 0.4) is 0 Å². The molecule has 4 aliphatic carbocycles. The van der Waals surface area contributed by atoms with Gasteiger partial charge in [0.05, 0.1) is 6.07 Å². The highest BCUT2D eigenvalue weighted by Gasteiger charge is 2.49. The maximum atomic E-state index is 8.83. The Kier molecular flexibility index (Phi) is 2.88. The van der Waals surface area contributed by atoms with Gasteiger partial charge < -0.3 is 10.6 Å². The number of nitriles is 1. The number of hydrogen-bond acceptors (Lipinski definition) is 3. The number of nitrogens with zero attached hydrogens (tertiary/aromatic N) is 2. The quantitative estimate of drug-likeness (QED) is 0.805. The van der Waals surface area contributed by atoms with Gasteiger partial charge in [-0.3, -0.25) is 0 Å². The molecule has 4 fully saturated rings. The molecule has 17 heavy (non-hydrogen) atoms. The van der Waals surface area contributed by atoms with Crippen molar-refractivity contribution in [2.24, 2.45) is 29.4 Å². The van der Waals surface area contributed by atoms with Crippen LogP contribution < -0.4 is 5.73 Å². The van der Waals surface area contributed by atoms with Crippen LogP contribution in [0.2, 0.25) is 0 Å². The summed E-state index contributed by atoms with van der Waals surface area (Å²) in [5, 5.41) is 8.83. The van der Waals surface area contributed by atoms with Crippen LogP contribution in [0.15, 0.2) is 0 Å². The molecular formula is C14H23N3. The lowest BCUT2D eigenvalue weighted by molar-refractivity contribution is -0.0575. The third-order valence-electron chi connectivity index (χ3n) is 5.34. The lowest BCUT2D eigenvalue weighted by Crippen LogP contribution is -2.56.